The van der Waals surface area contributed by atoms with Crippen molar-refractivity contribution < 1.29 is 9.59 Å². The van der Waals surface area contributed by atoms with Gasteiger partial charge in [-0.3, -0.25) is 9.59 Å². The van der Waals surface area contributed by atoms with Crippen molar-refractivity contribution >= 4 is 23.4 Å². The zero-order chi connectivity index (χ0) is 19.2. The lowest BCUT2D eigenvalue weighted by atomic mass is 10.1. The van der Waals surface area contributed by atoms with E-state index in [0.29, 0.717) is 22.7 Å². The van der Waals surface area contributed by atoms with Crippen LogP contribution in [0.5, 0.6) is 0 Å². The molecule has 2 aromatic carbocycles. The highest BCUT2D eigenvalue weighted by atomic mass is 35.5. The summed E-state index contributed by atoms with van der Waals surface area (Å²) < 4.78 is 0. The molecule has 0 unspecified atom stereocenters. The van der Waals surface area contributed by atoms with Gasteiger partial charge in [-0.2, -0.15) is 0 Å². The fourth-order valence-corrected chi connectivity index (χ4v) is 3.16. The van der Waals surface area contributed by atoms with Gasteiger partial charge in [0.1, 0.15) is 0 Å². The molecule has 0 aromatic heterocycles. The summed E-state index contributed by atoms with van der Waals surface area (Å²) in [6, 6.07) is 14.5. The minimum Gasteiger partial charge on any atom is -0.352 e. The van der Waals surface area contributed by atoms with Crippen LogP contribution < -0.4 is 5.32 Å². The second kappa shape index (κ2) is 9.02. The van der Waals surface area contributed by atoms with Crippen molar-refractivity contribution in [3.8, 4) is 0 Å². The molecule has 1 aliphatic heterocycles. The Kier molecular flexibility index (Phi) is 6.48. The molecule has 1 N–H and O–H groups in total. The number of hydrogen-bond donors (Lipinski definition) is 1. The molecule has 1 heterocycles. The maximum absolute atomic E-state index is 12.5. The van der Waals surface area contributed by atoms with E-state index in [1.165, 1.54) is 0 Å². The summed E-state index contributed by atoms with van der Waals surface area (Å²) in [5.41, 5.74) is 2.30. The Hall–Kier alpha value is -2.37. The highest BCUT2D eigenvalue weighted by Crippen LogP contribution is 2.11. The Morgan fingerprint density at radius 1 is 0.926 bits per heavy atom. The fraction of sp³-hybridized carbons (Fsp3) is 0.333. The minimum absolute atomic E-state index is 0.0257. The van der Waals surface area contributed by atoms with E-state index >= 15 is 0 Å². The van der Waals surface area contributed by atoms with Crippen molar-refractivity contribution in [3.05, 3.63) is 70.2 Å². The number of rotatable bonds is 5. The molecular formula is C21H24ClN3O2. The number of carbonyl (C=O) groups is 2. The van der Waals surface area contributed by atoms with Crippen molar-refractivity contribution in [1.82, 2.24) is 15.1 Å². The highest BCUT2D eigenvalue weighted by Gasteiger charge is 2.20. The van der Waals surface area contributed by atoms with Crippen molar-refractivity contribution in [2.45, 2.75) is 6.42 Å². The van der Waals surface area contributed by atoms with Gasteiger partial charge < -0.3 is 15.1 Å². The molecule has 3 rings (SSSR count). The van der Waals surface area contributed by atoms with E-state index in [-0.39, 0.29) is 11.8 Å². The predicted molar refractivity (Wildman–Crippen MR) is 107 cm³/mol. The number of nitrogens with zero attached hydrogens (tertiary/aromatic N) is 2. The summed E-state index contributed by atoms with van der Waals surface area (Å²) >= 11 is 5.87. The van der Waals surface area contributed by atoms with Crippen molar-refractivity contribution in [1.29, 1.82) is 0 Å². The fourth-order valence-electron chi connectivity index (χ4n) is 3.03. The monoisotopic (exact) mass is 385 g/mol. The van der Waals surface area contributed by atoms with Gasteiger partial charge in [0.05, 0.1) is 0 Å². The number of likely N-dealkylation sites (N-methyl/N-ethyl adjacent to an activating group) is 1. The summed E-state index contributed by atoms with van der Waals surface area (Å²) in [6.45, 7) is 3.80. The van der Waals surface area contributed by atoms with Gasteiger partial charge in [0, 0.05) is 48.9 Å². The molecule has 5 nitrogen and oxygen atoms in total. The molecule has 0 radical (unpaired) electrons. The standard InChI is InChI=1S/C21H24ClN3O2/c1-24-12-14-25(15-13-24)21(27)18-6-4-17(5-7-18)20(26)23-11-10-16-2-8-19(22)9-3-16/h2-9H,10-15H2,1H3,(H,23,26). The summed E-state index contributed by atoms with van der Waals surface area (Å²) in [6.07, 6.45) is 0.739. The Morgan fingerprint density at radius 2 is 1.52 bits per heavy atom. The third-order valence-corrected chi connectivity index (χ3v) is 5.05. The lowest BCUT2D eigenvalue weighted by Gasteiger charge is -2.32. The van der Waals surface area contributed by atoms with Gasteiger partial charge in [-0.05, 0) is 55.4 Å². The van der Waals surface area contributed by atoms with Gasteiger partial charge in [-0.15, -0.1) is 0 Å². The van der Waals surface area contributed by atoms with Crippen LogP contribution in [0.25, 0.3) is 0 Å². The van der Waals surface area contributed by atoms with Crippen molar-refractivity contribution in [2.24, 2.45) is 0 Å². The third-order valence-electron chi connectivity index (χ3n) is 4.80. The van der Waals surface area contributed by atoms with Gasteiger partial charge in [-0.25, -0.2) is 0 Å². The number of carbonyl (C=O) groups excluding carboxylic acids is 2. The van der Waals surface area contributed by atoms with Crippen LogP contribution in [-0.4, -0.2) is 61.4 Å². The highest BCUT2D eigenvalue weighted by molar-refractivity contribution is 6.30. The SMILES string of the molecule is CN1CCN(C(=O)c2ccc(C(=O)NCCc3ccc(Cl)cc3)cc2)CC1. The molecule has 0 bridgehead atoms. The molecule has 6 heteroatoms. The van der Waals surface area contributed by atoms with E-state index < -0.39 is 0 Å². The van der Waals surface area contributed by atoms with E-state index in [4.69, 9.17) is 11.6 Å². The Balaban J connectivity index is 1.51. The Bertz CT molecular complexity index is 782. The molecule has 0 atom stereocenters. The van der Waals surface area contributed by atoms with E-state index in [9.17, 15) is 9.59 Å². The van der Waals surface area contributed by atoms with Crippen molar-refractivity contribution in [2.75, 3.05) is 39.8 Å². The summed E-state index contributed by atoms with van der Waals surface area (Å²) in [5.74, 6) is -0.111. The predicted octanol–water partition coefficient (Wildman–Crippen LogP) is 2.70. The van der Waals surface area contributed by atoms with Gasteiger partial charge in [-0.1, -0.05) is 23.7 Å². The van der Waals surface area contributed by atoms with Crippen LogP contribution in [0.4, 0.5) is 0 Å². The molecule has 2 amide bonds. The van der Waals surface area contributed by atoms with Gasteiger partial charge in [0.2, 0.25) is 0 Å². The van der Waals surface area contributed by atoms with E-state index in [1.807, 2.05) is 29.2 Å². The average molecular weight is 386 g/mol. The molecule has 0 saturated carbocycles. The second-order valence-corrected chi connectivity index (χ2v) is 7.24. The van der Waals surface area contributed by atoms with E-state index in [0.717, 1.165) is 38.2 Å². The van der Waals surface area contributed by atoms with Gasteiger partial charge >= 0.3 is 0 Å². The number of halogens is 1. The van der Waals surface area contributed by atoms with Crippen LogP contribution in [0.15, 0.2) is 48.5 Å². The molecule has 2 aromatic rings. The molecule has 1 aliphatic rings. The lowest BCUT2D eigenvalue weighted by molar-refractivity contribution is 0.0663. The zero-order valence-electron chi connectivity index (χ0n) is 15.5. The van der Waals surface area contributed by atoms with Gasteiger partial charge in [0.25, 0.3) is 11.8 Å². The van der Waals surface area contributed by atoms with Gasteiger partial charge in [0.15, 0.2) is 0 Å². The first-order valence-electron chi connectivity index (χ1n) is 9.13. The molecule has 1 saturated heterocycles. The topological polar surface area (TPSA) is 52.7 Å². The van der Waals surface area contributed by atoms with Crippen LogP contribution in [0, 0.1) is 0 Å². The van der Waals surface area contributed by atoms with Crippen molar-refractivity contribution in [3.63, 3.8) is 0 Å². The number of benzene rings is 2. The molecular weight excluding hydrogens is 362 g/mol. The molecule has 142 valence electrons. The maximum Gasteiger partial charge on any atom is 0.253 e. The first kappa shape index (κ1) is 19.4. The zero-order valence-corrected chi connectivity index (χ0v) is 16.2. The lowest BCUT2D eigenvalue weighted by Crippen LogP contribution is -2.47. The van der Waals surface area contributed by atoms with Crippen LogP contribution in [-0.2, 0) is 6.42 Å². The third kappa shape index (κ3) is 5.31. The maximum atomic E-state index is 12.5. The number of piperazine rings is 1. The Morgan fingerprint density at radius 3 is 2.15 bits per heavy atom. The number of hydrogen-bond acceptors (Lipinski definition) is 3. The van der Waals surface area contributed by atoms with Crippen LogP contribution in [0.1, 0.15) is 26.3 Å². The number of nitrogens with one attached hydrogen (secondary N) is 1. The van der Waals surface area contributed by atoms with Crippen LogP contribution in [0.2, 0.25) is 5.02 Å². The van der Waals surface area contributed by atoms with Crippen LogP contribution >= 0.6 is 11.6 Å². The first-order valence-corrected chi connectivity index (χ1v) is 9.51. The second-order valence-electron chi connectivity index (χ2n) is 6.81. The molecule has 0 spiro atoms. The number of amides is 2. The summed E-state index contributed by atoms with van der Waals surface area (Å²) in [4.78, 5) is 28.9. The largest absolute Gasteiger partial charge is 0.352 e. The molecule has 27 heavy (non-hydrogen) atoms. The first-order chi connectivity index (χ1) is 13.0. The van der Waals surface area contributed by atoms with E-state index in [1.54, 1.807) is 24.3 Å². The molecule has 1 fully saturated rings. The molecule has 0 aliphatic carbocycles. The summed E-state index contributed by atoms with van der Waals surface area (Å²) in [5, 5.41) is 3.61. The quantitative estimate of drug-likeness (QED) is 0.861. The Labute approximate surface area is 164 Å². The minimum atomic E-state index is -0.137. The smallest absolute Gasteiger partial charge is 0.253 e. The van der Waals surface area contributed by atoms with E-state index in [2.05, 4.69) is 17.3 Å². The normalized spacial score (nSPS) is 14.8. The summed E-state index contributed by atoms with van der Waals surface area (Å²) in [7, 11) is 2.06. The van der Waals surface area contributed by atoms with Crippen LogP contribution in [0.3, 0.4) is 0 Å². The average Bonchev–Trinajstić information content (AvgIpc) is 2.69.